The molecule has 98 valence electrons. The second-order valence-electron chi connectivity index (χ2n) is 4.52. The van der Waals surface area contributed by atoms with E-state index in [1.54, 1.807) is 16.2 Å². The largest absolute Gasteiger partial charge is 0.480 e. The summed E-state index contributed by atoms with van der Waals surface area (Å²) in [7, 11) is 0. The van der Waals surface area contributed by atoms with Crippen LogP contribution in [0.3, 0.4) is 0 Å². The summed E-state index contributed by atoms with van der Waals surface area (Å²) in [6.07, 6.45) is 3.50. The van der Waals surface area contributed by atoms with Crippen LogP contribution in [0.2, 0.25) is 0 Å². The van der Waals surface area contributed by atoms with E-state index in [-0.39, 0.29) is 5.91 Å². The Kier molecular flexibility index (Phi) is 4.36. The molecule has 0 saturated carbocycles. The number of carboxylic acid groups (broad SMARTS) is 1. The zero-order valence-corrected chi connectivity index (χ0v) is 11.0. The quantitative estimate of drug-likeness (QED) is 0.909. The van der Waals surface area contributed by atoms with Gasteiger partial charge in [0.25, 0.3) is 0 Å². The van der Waals surface area contributed by atoms with Gasteiger partial charge in [-0.05, 0) is 37.1 Å². The number of amides is 1. The zero-order valence-electron chi connectivity index (χ0n) is 10.2. The Hall–Kier alpha value is -1.36. The Balaban J connectivity index is 1.92. The first-order valence-corrected chi connectivity index (χ1v) is 7.11. The normalized spacial score (nSPS) is 19.8. The fourth-order valence-corrected chi connectivity index (χ4v) is 3.02. The van der Waals surface area contributed by atoms with Gasteiger partial charge in [-0.1, -0.05) is 6.07 Å². The van der Waals surface area contributed by atoms with E-state index >= 15 is 0 Å². The second kappa shape index (κ2) is 6.00. The molecule has 1 aliphatic heterocycles. The van der Waals surface area contributed by atoms with Crippen LogP contribution in [0.25, 0.3) is 0 Å². The zero-order chi connectivity index (χ0) is 13.0. The predicted molar refractivity (Wildman–Crippen MR) is 69.6 cm³/mol. The van der Waals surface area contributed by atoms with Crippen molar-refractivity contribution in [3.05, 3.63) is 22.4 Å². The number of carboxylic acids is 1. The number of thiophene rings is 1. The highest BCUT2D eigenvalue weighted by Gasteiger charge is 2.31. The number of rotatable bonds is 4. The standard InChI is InChI=1S/C13H17NO3S/c15-12(7-6-10-4-3-9-18-10)14-8-2-1-5-11(14)13(16)17/h3-4,9,11H,1-2,5-8H2,(H,16,17). The molecule has 1 amide bonds. The van der Waals surface area contributed by atoms with Gasteiger partial charge in [-0.25, -0.2) is 4.79 Å². The van der Waals surface area contributed by atoms with Crippen LogP contribution in [0, 0.1) is 0 Å². The first-order chi connectivity index (χ1) is 8.68. The fraction of sp³-hybridized carbons (Fsp3) is 0.538. The molecule has 1 unspecified atom stereocenters. The van der Waals surface area contributed by atoms with E-state index in [1.807, 2.05) is 17.5 Å². The van der Waals surface area contributed by atoms with Crippen molar-refractivity contribution < 1.29 is 14.7 Å². The van der Waals surface area contributed by atoms with Gasteiger partial charge in [0.15, 0.2) is 0 Å². The molecule has 1 atom stereocenters. The molecule has 4 nitrogen and oxygen atoms in total. The molecule has 2 rings (SSSR count). The van der Waals surface area contributed by atoms with Gasteiger partial charge in [0.05, 0.1) is 0 Å². The lowest BCUT2D eigenvalue weighted by Crippen LogP contribution is -2.48. The summed E-state index contributed by atoms with van der Waals surface area (Å²) >= 11 is 1.63. The molecule has 5 heteroatoms. The lowest BCUT2D eigenvalue weighted by atomic mass is 10.0. The molecule has 0 spiro atoms. The maximum Gasteiger partial charge on any atom is 0.326 e. The Bertz CT molecular complexity index is 416. The van der Waals surface area contributed by atoms with Crippen LogP contribution in [-0.4, -0.2) is 34.5 Å². The maximum atomic E-state index is 12.1. The van der Waals surface area contributed by atoms with E-state index in [0.29, 0.717) is 25.8 Å². The van der Waals surface area contributed by atoms with Crippen LogP contribution in [0.15, 0.2) is 17.5 Å². The third-order valence-corrected chi connectivity index (χ3v) is 4.21. The summed E-state index contributed by atoms with van der Waals surface area (Å²) in [6.45, 7) is 0.584. The van der Waals surface area contributed by atoms with Crippen molar-refractivity contribution in [2.75, 3.05) is 6.54 Å². The number of carbonyl (C=O) groups is 2. The van der Waals surface area contributed by atoms with Crippen LogP contribution in [0.4, 0.5) is 0 Å². The monoisotopic (exact) mass is 267 g/mol. The molecule has 1 N–H and O–H groups in total. The fourth-order valence-electron chi connectivity index (χ4n) is 2.32. The highest BCUT2D eigenvalue weighted by atomic mass is 32.1. The third-order valence-electron chi connectivity index (χ3n) is 3.27. The minimum atomic E-state index is -0.876. The van der Waals surface area contributed by atoms with E-state index in [2.05, 4.69) is 0 Å². The van der Waals surface area contributed by atoms with Crippen molar-refractivity contribution in [3.8, 4) is 0 Å². The van der Waals surface area contributed by atoms with Crippen LogP contribution in [-0.2, 0) is 16.0 Å². The number of carbonyl (C=O) groups excluding carboxylic acids is 1. The Labute approximate surface area is 110 Å². The average Bonchev–Trinajstić information content (AvgIpc) is 2.89. The Morgan fingerprint density at radius 2 is 2.28 bits per heavy atom. The summed E-state index contributed by atoms with van der Waals surface area (Å²) in [6, 6.07) is 3.35. The van der Waals surface area contributed by atoms with E-state index in [4.69, 9.17) is 5.11 Å². The molecular weight excluding hydrogens is 250 g/mol. The molecule has 1 aromatic heterocycles. The Morgan fingerprint density at radius 1 is 1.44 bits per heavy atom. The third kappa shape index (κ3) is 3.10. The van der Waals surface area contributed by atoms with E-state index < -0.39 is 12.0 Å². The van der Waals surface area contributed by atoms with Crippen molar-refractivity contribution in [1.82, 2.24) is 4.90 Å². The summed E-state index contributed by atoms with van der Waals surface area (Å²) in [5.74, 6) is -0.908. The minimum absolute atomic E-state index is 0.0319. The average molecular weight is 267 g/mol. The SMILES string of the molecule is O=C(O)C1CCCCN1C(=O)CCc1cccs1. The number of nitrogens with zero attached hydrogens (tertiary/aromatic N) is 1. The summed E-state index contributed by atoms with van der Waals surface area (Å²) in [5, 5.41) is 11.1. The van der Waals surface area contributed by atoms with Crippen LogP contribution < -0.4 is 0 Å². The molecule has 0 radical (unpaired) electrons. The van der Waals surface area contributed by atoms with Gasteiger partial charge in [0, 0.05) is 17.8 Å². The smallest absolute Gasteiger partial charge is 0.326 e. The van der Waals surface area contributed by atoms with Crippen LogP contribution in [0.5, 0.6) is 0 Å². The first-order valence-electron chi connectivity index (χ1n) is 6.23. The lowest BCUT2D eigenvalue weighted by molar-refractivity contribution is -0.152. The number of hydrogen-bond acceptors (Lipinski definition) is 3. The van der Waals surface area contributed by atoms with Crippen molar-refractivity contribution in [1.29, 1.82) is 0 Å². The van der Waals surface area contributed by atoms with Gasteiger partial charge in [-0.15, -0.1) is 11.3 Å². The number of aliphatic carboxylic acids is 1. The van der Waals surface area contributed by atoms with Crippen LogP contribution >= 0.6 is 11.3 Å². The predicted octanol–water partition coefficient (Wildman–Crippen LogP) is 2.15. The molecule has 1 aliphatic rings. The molecule has 1 aromatic rings. The van der Waals surface area contributed by atoms with Gasteiger partial charge in [0.2, 0.25) is 5.91 Å². The van der Waals surface area contributed by atoms with E-state index in [0.717, 1.165) is 12.8 Å². The lowest BCUT2D eigenvalue weighted by Gasteiger charge is -2.33. The highest BCUT2D eigenvalue weighted by molar-refractivity contribution is 7.09. The van der Waals surface area contributed by atoms with Crippen molar-refractivity contribution in [2.24, 2.45) is 0 Å². The number of aryl methyl sites for hydroxylation is 1. The van der Waals surface area contributed by atoms with Crippen molar-refractivity contribution in [2.45, 2.75) is 38.1 Å². The molecule has 2 heterocycles. The molecule has 1 saturated heterocycles. The van der Waals surface area contributed by atoms with E-state index in [9.17, 15) is 9.59 Å². The highest BCUT2D eigenvalue weighted by Crippen LogP contribution is 2.19. The van der Waals surface area contributed by atoms with E-state index in [1.165, 1.54) is 4.88 Å². The molecule has 0 bridgehead atoms. The first kappa shape index (κ1) is 13.1. The van der Waals surface area contributed by atoms with Crippen molar-refractivity contribution >= 4 is 23.2 Å². The summed E-state index contributed by atoms with van der Waals surface area (Å²) in [5.41, 5.74) is 0. The molecule has 0 aromatic carbocycles. The summed E-state index contributed by atoms with van der Waals surface area (Å²) in [4.78, 5) is 25.9. The van der Waals surface area contributed by atoms with Gasteiger partial charge in [-0.2, -0.15) is 0 Å². The molecule has 1 fully saturated rings. The second-order valence-corrected chi connectivity index (χ2v) is 5.55. The number of hydrogen-bond donors (Lipinski definition) is 1. The molecule has 0 aliphatic carbocycles. The van der Waals surface area contributed by atoms with Gasteiger partial charge in [0.1, 0.15) is 6.04 Å². The van der Waals surface area contributed by atoms with Gasteiger partial charge >= 0.3 is 5.97 Å². The topological polar surface area (TPSA) is 57.6 Å². The maximum absolute atomic E-state index is 12.1. The van der Waals surface area contributed by atoms with Crippen molar-refractivity contribution in [3.63, 3.8) is 0 Å². The van der Waals surface area contributed by atoms with Gasteiger partial charge < -0.3 is 10.0 Å². The number of likely N-dealkylation sites (tertiary alicyclic amines) is 1. The van der Waals surface area contributed by atoms with Gasteiger partial charge in [-0.3, -0.25) is 4.79 Å². The van der Waals surface area contributed by atoms with Crippen LogP contribution in [0.1, 0.15) is 30.6 Å². The number of piperidine rings is 1. The minimum Gasteiger partial charge on any atom is -0.480 e. The molecule has 18 heavy (non-hydrogen) atoms. The Morgan fingerprint density at radius 3 is 2.94 bits per heavy atom. The summed E-state index contributed by atoms with van der Waals surface area (Å²) < 4.78 is 0. The molecular formula is C13H17NO3S.